The molecule has 3 rings (SSSR count). The maximum atomic E-state index is 12.4. The van der Waals surface area contributed by atoms with Crippen LogP contribution in [0, 0.1) is 0 Å². The predicted molar refractivity (Wildman–Crippen MR) is 110 cm³/mol. The summed E-state index contributed by atoms with van der Waals surface area (Å²) in [5.41, 5.74) is 1.81. The molecular weight excluding hydrogens is 398 g/mol. The lowest BCUT2D eigenvalue weighted by Gasteiger charge is -2.12. The molecule has 0 radical (unpaired) electrons. The van der Waals surface area contributed by atoms with Crippen LogP contribution in [0.15, 0.2) is 48.5 Å². The van der Waals surface area contributed by atoms with Crippen molar-refractivity contribution in [2.75, 3.05) is 26.4 Å². The first-order valence-electron chi connectivity index (χ1n) is 8.93. The van der Waals surface area contributed by atoms with E-state index < -0.39 is 16.1 Å². The minimum Gasteiger partial charge on any atom is -0.394 e. The van der Waals surface area contributed by atoms with Crippen molar-refractivity contribution in [3.8, 4) is 0 Å². The van der Waals surface area contributed by atoms with Gasteiger partial charge in [0.05, 0.1) is 13.2 Å². The highest BCUT2D eigenvalue weighted by Gasteiger charge is 2.27. The summed E-state index contributed by atoms with van der Waals surface area (Å²) in [6.45, 7) is -0.289. The van der Waals surface area contributed by atoms with Crippen molar-refractivity contribution in [2.24, 2.45) is 0 Å². The fourth-order valence-electron chi connectivity index (χ4n) is 3.28. The molecule has 8 heteroatoms. The smallest absolute Gasteiger partial charge is 0.394 e. The van der Waals surface area contributed by atoms with Crippen molar-refractivity contribution in [1.82, 2.24) is 0 Å². The molecule has 3 aromatic rings. The monoisotopic (exact) mass is 420 g/mol. The van der Waals surface area contributed by atoms with Gasteiger partial charge < -0.3 is 10.2 Å². The Kier molecular flexibility index (Phi) is 7.57. The average Bonchev–Trinajstić information content (AvgIpc) is 2.73. The molecule has 0 aliphatic carbocycles. The first-order chi connectivity index (χ1) is 13.7. The second-order valence-corrected chi connectivity index (χ2v) is 8.62. The Balaban J connectivity index is 2.13. The number of hydrogen-bond acceptors (Lipinski definition) is 6. The van der Waals surface area contributed by atoms with E-state index in [2.05, 4.69) is 0 Å². The van der Waals surface area contributed by atoms with Crippen LogP contribution in [0.25, 0.3) is 21.5 Å². The van der Waals surface area contributed by atoms with Crippen molar-refractivity contribution >= 4 is 37.6 Å². The number of aliphatic hydroxyl groups excluding tert-OH is 2. The zero-order valence-corrected chi connectivity index (χ0v) is 17.1. The van der Waals surface area contributed by atoms with Gasteiger partial charge in [0.1, 0.15) is 13.2 Å². The van der Waals surface area contributed by atoms with Crippen molar-refractivity contribution < 1.29 is 28.4 Å². The largest absolute Gasteiger partial charge is 0.513 e. The van der Waals surface area contributed by atoms with Crippen molar-refractivity contribution in [3.05, 3.63) is 59.7 Å². The summed E-state index contributed by atoms with van der Waals surface area (Å²) in [5, 5.41) is 21.5. The van der Waals surface area contributed by atoms with Crippen LogP contribution >= 0.6 is 16.1 Å². The van der Waals surface area contributed by atoms with E-state index in [0.717, 1.165) is 32.7 Å². The Labute approximate surface area is 164 Å². The highest BCUT2D eigenvalue weighted by molar-refractivity contribution is 7.38. The normalized spacial score (nSPS) is 12.5. The molecule has 0 aliphatic rings. The third-order valence-electron chi connectivity index (χ3n) is 4.38. The second-order valence-electron chi connectivity index (χ2n) is 6.14. The zero-order chi connectivity index (χ0) is 19.9. The summed E-state index contributed by atoms with van der Waals surface area (Å²) in [5.74, 6) is 0. The van der Waals surface area contributed by atoms with Crippen LogP contribution in [-0.4, -0.2) is 36.6 Å². The summed E-state index contributed by atoms with van der Waals surface area (Å²) in [6, 6.07) is 15.5. The highest BCUT2D eigenvalue weighted by atomic mass is 31.1. The quantitative estimate of drug-likeness (QED) is 0.371. The van der Waals surface area contributed by atoms with Gasteiger partial charge in [-0.15, -0.1) is 9.05 Å². The van der Waals surface area contributed by atoms with E-state index >= 15 is 0 Å². The third kappa shape index (κ3) is 4.79. The molecule has 0 aromatic heterocycles. The molecule has 28 heavy (non-hydrogen) atoms. The predicted octanol–water partition coefficient (Wildman–Crippen LogP) is 4.50. The van der Waals surface area contributed by atoms with Gasteiger partial charge in [-0.05, 0) is 30.7 Å². The fraction of sp³-hybridized carbons (Fsp3) is 0.300. The number of aliphatic hydroxyl groups is 2. The van der Waals surface area contributed by atoms with Gasteiger partial charge in [0.15, 0.2) is 0 Å². The molecule has 0 saturated carbocycles. The Morgan fingerprint density at radius 3 is 1.25 bits per heavy atom. The first kappa shape index (κ1) is 20.9. The Morgan fingerprint density at radius 1 is 0.643 bits per heavy atom. The highest BCUT2D eigenvalue weighted by Crippen LogP contribution is 2.41. The average molecular weight is 420 g/mol. The molecule has 0 saturated heterocycles. The SMILES string of the molecule is O=[P+](Cc1c2ccccc2c(C[P+](=O)OCCO)c2ccccc12)OCCO. The van der Waals surface area contributed by atoms with Crippen LogP contribution in [0.3, 0.4) is 0 Å². The van der Waals surface area contributed by atoms with Gasteiger partial charge in [0.2, 0.25) is 12.3 Å². The fourth-order valence-corrected chi connectivity index (χ4v) is 5.24. The second kappa shape index (κ2) is 10.1. The van der Waals surface area contributed by atoms with E-state index in [-0.39, 0.29) is 38.8 Å². The van der Waals surface area contributed by atoms with Gasteiger partial charge in [-0.2, -0.15) is 0 Å². The van der Waals surface area contributed by atoms with Crippen LogP contribution in [0.4, 0.5) is 0 Å². The number of hydrogen-bond donors (Lipinski definition) is 2. The topological polar surface area (TPSA) is 93.1 Å². The molecule has 0 bridgehead atoms. The van der Waals surface area contributed by atoms with Crippen LogP contribution in [0.2, 0.25) is 0 Å². The van der Waals surface area contributed by atoms with E-state index in [0.29, 0.717) is 0 Å². The molecular formula is C20H22O6P2+2. The third-order valence-corrected chi connectivity index (χ3v) is 6.47. The van der Waals surface area contributed by atoms with Crippen LogP contribution < -0.4 is 0 Å². The van der Waals surface area contributed by atoms with Gasteiger partial charge in [0.25, 0.3) is 0 Å². The van der Waals surface area contributed by atoms with Crippen LogP contribution in [0.5, 0.6) is 0 Å². The standard InChI is InChI=1S/C20H22O6P2/c21-9-11-25-27(23)13-19-15-5-1-2-6-16(15)20(14-28(24)26-12-10-22)18-8-4-3-7-17(18)19/h1-8,21-22H,9-14H2/q+2. The van der Waals surface area contributed by atoms with Crippen LogP contribution in [-0.2, 0) is 30.5 Å². The first-order valence-corrected chi connectivity index (χ1v) is 11.7. The summed E-state index contributed by atoms with van der Waals surface area (Å²) in [6.07, 6.45) is 0.452. The summed E-state index contributed by atoms with van der Waals surface area (Å²) in [7, 11) is -3.93. The van der Waals surface area contributed by atoms with Gasteiger partial charge in [-0.25, -0.2) is 0 Å². The Bertz CT molecular complexity index is 868. The van der Waals surface area contributed by atoms with E-state index in [1.54, 1.807) is 0 Å². The summed E-state index contributed by atoms with van der Waals surface area (Å²) in [4.78, 5) is 0. The van der Waals surface area contributed by atoms with E-state index in [1.807, 2.05) is 48.5 Å². The lowest BCUT2D eigenvalue weighted by molar-refractivity contribution is 0.208. The molecule has 0 aliphatic heterocycles. The molecule has 0 amide bonds. The van der Waals surface area contributed by atoms with E-state index in [1.165, 1.54) is 0 Å². The Morgan fingerprint density at radius 2 is 0.964 bits per heavy atom. The van der Waals surface area contributed by atoms with Crippen molar-refractivity contribution in [3.63, 3.8) is 0 Å². The van der Waals surface area contributed by atoms with Gasteiger partial charge >= 0.3 is 16.1 Å². The maximum absolute atomic E-state index is 12.4. The number of benzene rings is 3. The Hall–Kier alpha value is -1.78. The number of fused-ring (bicyclic) bond motifs is 2. The van der Waals surface area contributed by atoms with E-state index in [9.17, 15) is 9.13 Å². The van der Waals surface area contributed by atoms with Gasteiger partial charge in [-0.1, -0.05) is 48.5 Å². The molecule has 0 fully saturated rings. The van der Waals surface area contributed by atoms with Crippen molar-refractivity contribution in [2.45, 2.75) is 12.3 Å². The minimum atomic E-state index is -1.96. The molecule has 6 nitrogen and oxygen atoms in total. The molecule has 2 N–H and O–H groups in total. The lowest BCUT2D eigenvalue weighted by atomic mass is 9.93. The van der Waals surface area contributed by atoms with Crippen molar-refractivity contribution in [1.29, 1.82) is 0 Å². The molecule has 0 heterocycles. The van der Waals surface area contributed by atoms with Crippen LogP contribution in [0.1, 0.15) is 11.1 Å². The van der Waals surface area contributed by atoms with Gasteiger partial charge in [0, 0.05) is 11.1 Å². The van der Waals surface area contributed by atoms with Gasteiger partial charge in [-0.3, -0.25) is 0 Å². The molecule has 2 unspecified atom stereocenters. The maximum Gasteiger partial charge on any atom is 0.513 e. The summed E-state index contributed by atoms with van der Waals surface area (Å²) >= 11 is 0. The molecule has 0 spiro atoms. The minimum absolute atomic E-state index is 0.0336. The van der Waals surface area contributed by atoms with E-state index in [4.69, 9.17) is 19.3 Å². The zero-order valence-electron chi connectivity index (χ0n) is 15.3. The molecule has 3 aromatic carbocycles. The lowest BCUT2D eigenvalue weighted by Crippen LogP contribution is -1.98. The molecule has 2 atom stereocenters. The summed E-state index contributed by atoms with van der Waals surface area (Å²) < 4.78 is 35.1. The molecule has 146 valence electrons. The number of rotatable bonds is 10.